The molecule has 0 N–H and O–H groups in total. The Morgan fingerprint density at radius 1 is 0.875 bits per heavy atom. The highest BCUT2D eigenvalue weighted by Crippen LogP contribution is 2.21. The normalized spacial score (nSPS) is 12.0. The molecule has 0 aliphatic rings. The zero-order valence-electron chi connectivity index (χ0n) is 20.4. The van der Waals surface area contributed by atoms with E-state index in [0.29, 0.717) is 23.9 Å². The van der Waals surface area contributed by atoms with E-state index in [9.17, 15) is 4.79 Å². The van der Waals surface area contributed by atoms with E-state index in [1.54, 1.807) is 0 Å². The topological polar surface area (TPSA) is 52.1 Å². The first kappa shape index (κ1) is 26.0. The number of hydrogen-bond acceptors (Lipinski definition) is 4. The molecule has 1 heterocycles. The Labute approximate surface area is 195 Å². The van der Waals surface area contributed by atoms with E-state index >= 15 is 0 Å². The molecule has 0 amide bonds. The molecule has 2 rings (SSSR count). The Kier molecular flexibility index (Phi) is 12.6. The number of carbonyl (C=O) groups is 1. The van der Waals surface area contributed by atoms with Gasteiger partial charge in [-0.3, -0.25) is 4.79 Å². The predicted molar refractivity (Wildman–Crippen MR) is 133 cm³/mol. The lowest BCUT2D eigenvalue weighted by Gasteiger charge is -2.08. The lowest BCUT2D eigenvalue weighted by Crippen LogP contribution is -2.09. The molecule has 32 heavy (non-hydrogen) atoms. The molecule has 0 fully saturated rings. The van der Waals surface area contributed by atoms with Crippen LogP contribution in [0.5, 0.6) is 5.75 Å². The van der Waals surface area contributed by atoms with Crippen molar-refractivity contribution in [2.75, 3.05) is 0 Å². The quantitative estimate of drug-likeness (QED) is 0.152. The Morgan fingerprint density at radius 3 is 2.06 bits per heavy atom. The Morgan fingerprint density at radius 2 is 1.47 bits per heavy atom. The highest BCUT2D eigenvalue weighted by atomic mass is 16.5. The summed E-state index contributed by atoms with van der Waals surface area (Å²) >= 11 is 0. The van der Waals surface area contributed by atoms with E-state index in [4.69, 9.17) is 4.74 Å². The maximum atomic E-state index is 12.0. The number of hydrogen-bond donors (Lipinski definition) is 0. The first-order valence-corrected chi connectivity index (χ1v) is 12.7. The van der Waals surface area contributed by atoms with Crippen molar-refractivity contribution in [3.8, 4) is 17.1 Å². The van der Waals surface area contributed by atoms with Gasteiger partial charge in [-0.2, -0.15) is 0 Å². The Hall–Kier alpha value is -2.23. The molecule has 0 saturated heterocycles. The van der Waals surface area contributed by atoms with Gasteiger partial charge in [0.15, 0.2) is 5.82 Å². The van der Waals surface area contributed by atoms with Crippen molar-refractivity contribution in [2.24, 2.45) is 5.92 Å². The molecule has 0 spiro atoms. The highest BCUT2D eigenvalue weighted by Gasteiger charge is 2.09. The first-order chi connectivity index (χ1) is 15.6. The second-order valence-electron chi connectivity index (χ2n) is 9.04. The van der Waals surface area contributed by atoms with Crippen LogP contribution in [-0.2, 0) is 11.2 Å². The summed E-state index contributed by atoms with van der Waals surface area (Å²) < 4.78 is 5.44. The summed E-state index contributed by atoms with van der Waals surface area (Å²) in [5.41, 5.74) is 2.13. The molecule has 1 aromatic heterocycles. The van der Waals surface area contributed by atoms with Crippen LogP contribution in [-0.4, -0.2) is 15.9 Å². The van der Waals surface area contributed by atoms with Crippen LogP contribution in [0, 0.1) is 5.92 Å². The lowest BCUT2D eigenvalue weighted by molar-refractivity contribution is -0.134. The van der Waals surface area contributed by atoms with Gasteiger partial charge in [-0.15, -0.1) is 0 Å². The minimum atomic E-state index is -0.171. The number of benzene rings is 1. The smallest absolute Gasteiger partial charge is 0.311 e. The summed E-state index contributed by atoms with van der Waals surface area (Å²) in [7, 11) is 0. The number of ether oxygens (including phenoxy) is 1. The van der Waals surface area contributed by atoms with Crippen LogP contribution < -0.4 is 4.74 Å². The molecule has 4 nitrogen and oxygen atoms in total. The van der Waals surface area contributed by atoms with E-state index in [1.165, 1.54) is 63.4 Å². The molecule has 0 aliphatic carbocycles. The molecule has 176 valence electrons. The van der Waals surface area contributed by atoms with Gasteiger partial charge >= 0.3 is 5.97 Å². The van der Waals surface area contributed by atoms with E-state index in [-0.39, 0.29) is 5.97 Å². The van der Waals surface area contributed by atoms with Gasteiger partial charge < -0.3 is 4.74 Å². The van der Waals surface area contributed by atoms with Gasteiger partial charge in [-0.05, 0) is 55.0 Å². The molecule has 0 bridgehead atoms. The number of carbonyl (C=O) groups excluding carboxylic acids is 1. The third-order valence-corrected chi connectivity index (χ3v) is 6.16. The predicted octanol–water partition coefficient (Wildman–Crippen LogP) is 7.95. The van der Waals surface area contributed by atoms with E-state index in [0.717, 1.165) is 24.8 Å². The molecule has 4 heteroatoms. The lowest BCUT2D eigenvalue weighted by atomic mass is 10.0. The molecule has 1 aromatic carbocycles. The average molecular weight is 439 g/mol. The zero-order valence-corrected chi connectivity index (χ0v) is 20.4. The molecular weight excluding hydrogens is 396 g/mol. The average Bonchev–Trinajstić information content (AvgIpc) is 2.82. The van der Waals surface area contributed by atoms with Crippen LogP contribution in [0.4, 0.5) is 0 Å². The summed E-state index contributed by atoms with van der Waals surface area (Å²) in [6, 6.07) is 7.45. The van der Waals surface area contributed by atoms with Crippen molar-refractivity contribution in [1.29, 1.82) is 0 Å². The van der Waals surface area contributed by atoms with Crippen molar-refractivity contribution in [2.45, 2.75) is 104 Å². The van der Waals surface area contributed by atoms with E-state index in [1.807, 2.05) is 36.7 Å². The van der Waals surface area contributed by atoms with Crippen LogP contribution >= 0.6 is 0 Å². The van der Waals surface area contributed by atoms with Gasteiger partial charge in [0.05, 0.1) is 0 Å². The summed E-state index contributed by atoms with van der Waals surface area (Å²) in [6.07, 6.45) is 19.4. The molecule has 1 atom stereocenters. The van der Waals surface area contributed by atoms with Crippen molar-refractivity contribution in [1.82, 2.24) is 9.97 Å². The first-order valence-electron chi connectivity index (χ1n) is 12.7. The van der Waals surface area contributed by atoms with Crippen molar-refractivity contribution in [3.05, 3.63) is 42.2 Å². The molecule has 0 unspecified atom stereocenters. The second kappa shape index (κ2) is 15.6. The van der Waals surface area contributed by atoms with Crippen LogP contribution in [0.3, 0.4) is 0 Å². The Bertz CT molecular complexity index is 756. The standard InChI is InChI=1S/C28H42N2O2/c1-4-6-7-8-9-10-11-12-13-14-24-21-29-28(30-22-24)25-16-18-26(19-17-25)32-27(31)20-15-23(3)5-2/h16-19,21-23H,4-15,20H2,1-3H3/t23-/m0/s1. The summed E-state index contributed by atoms with van der Waals surface area (Å²) in [6.45, 7) is 6.56. The van der Waals surface area contributed by atoms with Crippen LogP contribution in [0.1, 0.15) is 103 Å². The van der Waals surface area contributed by atoms with E-state index < -0.39 is 0 Å². The fourth-order valence-corrected chi connectivity index (χ4v) is 3.70. The number of aromatic nitrogens is 2. The third kappa shape index (κ3) is 10.4. The molecule has 0 saturated carbocycles. The fraction of sp³-hybridized carbons (Fsp3) is 0.607. The van der Waals surface area contributed by atoms with Gasteiger partial charge in [0, 0.05) is 24.4 Å². The third-order valence-electron chi connectivity index (χ3n) is 6.16. The monoisotopic (exact) mass is 438 g/mol. The zero-order chi connectivity index (χ0) is 23.0. The van der Waals surface area contributed by atoms with Gasteiger partial charge in [0.25, 0.3) is 0 Å². The van der Waals surface area contributed by atoms with Crippen LogP contribution in [0.25, 0.3) is 11.4 Å². The molecule has 0 aliphatic heterocycles. The van der Waals surface area contributed by atoms with Gasteiger partial charge in [0.2, 0.25) is 0 Å². The minimum absolute atomic E-state index is 0.171. The number of aryl methyl sites for hydroxylation is 1. The van der Waals surface area contributed by atoms with Crippen LogP contribution in [0.2, 0.25) is 0 Å². The molecular formula is C28H42N2O2. The molecule has 0 radical (unpaired) electrons. The summed E-state index contributed by atoms with van der Waals surface area (Å²) in [5.74, 6) is 1.65. The maximum Gasteiger partial charge on any atom is 0.311 e. The number of unbranched alkanes of at least 4 members (excludes halogenated alkanes) is 8. The summed E-state index contributed by atoms with van der Waals surface area (Å²) in [5, 5.41) is 0. The van der Waals surface area contributed by atoms with Crippen LogP contribution in [0.15, 0.2) is 36.7 Å². The van der Waals surface area contributed by atoms with Crippen molar-refractivity contribution < 1.29 is 9.53 Å². The van der Waals surface area contributed by atoms with Crippen molar-refractivity contribution in [3.63, 3.8) is 0 Å². The number of rotatable bonds is 16. The SMILES string of the molecule is CCCCCCCCCCCc1cnc(-c2ccc(OC(=O)CC[C@@H](C)CC)cc2)nc1. The highest BCUT2D eigenvalue weighted by molar-refractivity contribution is 5.72. The van der Waals surface area contributed by atoms with Gasteiger partial charge in [-0.1, -0.05) is 78.6 Å². The maximum absolute atomic E-state index is 12.0. The van der Waals surface area contributed by atoms with E-state index in [2.05, 4.69) is 30.7 Å². The van der Waals surface area contributed by atoms with Crippen molar-refractivity contribution >= 4 is 5.97 Å². The number of esters is 1. The largest absolute Gasteiger partial charge is 0.427 e. The fourth-order valence-electron chi connectivity index (χ4n) is 3.70. The minimum Gasteiger partial charge on any atom is -0.427 e. The molecule has 2 aromatic rings. The van der Waals surface area contributed by atoms with Gasteiger partial charge in [0.1, 0.15) is 5.75 Å². The number of nitrogens with zero attached hydrogens (tertiary/aromatic N) is 2. The summed E-state index contributed by atoms with van der Waals surface area (Å²) in [4.78, 5) is 21.0. The van der Waals surface area contributed by atoms with Gasteiger partial charge in [-0.25, -0.2) is 9.97 Å². The second-order valence-corrected chi connectivity index (χ2v) is 9.04. The Balaban J connectivity index is 1.69.